The molecule has 2 aromatic rings. The number of fused-ring (bicyclic) bond motifs is 3. The molecule has 0 aromatic heterocycles. The Kier molecular flexibility index (Phi) is 5.26. The van der Waals surface area contributed by atoms with Crippen molar-refractivity contribution in [3.8, 4) is 28.7 Å². The molecule has 0 bridgehead atoms. The fourth-order valence-corrected chi connectivity index (χ4v) is 3.96. The van der Waals surface area contributed by atoms with Crippen molar-refractivity contribution in [1.82, 2.24) is 4.90 Å². The van der Waals surface area contributed by atoms with E-state index in [2.05, 4.69) is 4.90 Å². The van der Waals surface area contributed by atoms with Crippen LogP contribution in [0.1, 0.15) is 31.8 Å². The molecule has 4 rings (SSSR count). The van der Waals surface area contributed by atoms with Crippen molar-refractivity contribution in [3.63, 3.8) is 0 Å². The van der Waals surface area contributed by atoms with Crippen molar-refractivity contribution in [1.29, 1.82) is 0 Å². The third-order valence-electron chi connectivity index (χ3n) is 5.42. The standard InChI is InChI=1S/C22H23NO7/c1-23-8-7-12-9-16-21(30-11-29-16)22(28-4)17(12)19(25)18(24)13-5-6-15(26-2)20(27-3)14(13)10-23/h5-6,9H,7-8,10-11H2,1-4H3. The zero-order chi connectivity index (χ0) is 21.4. The van der Waals surface area contributed by atoms with Gasteiger partial charge in [-0.2, -0.15) is 0 Å². The molecule has 0 fully saturated rings. The number of ether oxygens (including phenoxy) is 5. The summed E-state index contributed by atoms with van der Waals surface area (Å²) in [6, 6.07) is 4.99. The first kappa shape index (κ1) is 20.0. The first-order valence-electron chi connectivity index (χ1n) is 9.51. The number of ketones is 2. The van der Waals surface area contributed by atoms with Gasteiger partial charge in [0.1, 0.15) is 0 Å². The number of carbonyl (C=O) groups is 2. The Morgan fingerprint density at radius 1 is 0.967 bits per heavy atom. The minimum atomic E-state index is -0.654. The second-order valence-electron chi connectivity index (χ2n) is 7.15. The number of benzene rings is 2. The Morgan fingerprint density at radius 2 is 1.73 bits per heavy atom. The normalized spacial score (nSPS) is 16.0. The van der Waals surface area contributed by atoms with E-state index in [-0.39, 0.29) is 23.7 Å². The van der Waals surface area contributed by atoms with Crippen LogP contribution in [0, 0.1) is 0 Å². The molecule has 2 aromatic carbocycles. The number of likely N-dealkylation sites (N-methyl/N-ethyl adjacent to an activating group) is 1. The second kappa shape index (κ2) is 7.87. The monoisotopic (exact) mass is 413 g/mol. The van der Waals surface area contributed by atoms with E-state index in [0.29, 0.717) is 53.6 Å². The first-order valence-corrected chi connectivity index (χ1v) is 9.51. The van der Waals surface area contributed by atoms with E-state index < -0.39 is 11.6 Å². The minimum absolute atomic E-state index is 0.0381. The van der Waals surface area contributed by atoms with Gasteiger partial charge in [0, 0.05) is 24.2 Å². The summed E-state index contributed by atoms with van der Waals surface area (Å²) in [6.07, 6.45) is 0.527. The predicted molar refractivity (Wildman–Crippen MR) is 107 cm³/mol. The van der Waals surface area contributed by atoms with Gasteiger partial charge in [-0.1, -0.05) is 0 Å². The van der Waals surface area contributed by atoms with Crippen LogP contribution in [0.4, 0.5) is 0 Å². The van der Waals surface area contributed by atoms with Crippen LogP contribution in [-0.2, 0) is 13.0 Å². The number of rotatable bonds is 3. The highest BCUT2D eigenvalue weighted by Gasteiger charge is 2.34. The van der Waals surface area contributed by atoms with Crippen molar-refractivity contribution >= 4 is 11.6 Å². The summed E-state index contributed by atoms with van der Waals surface area (Å²) in [5.74, 6) is 0.735. The molecule has 8 heteroatoms. The van der Waals surface area contributed by atoms with Gasteiger partial charge in [-0.05, 0) is 37.2 Å². The lowest BCUT2D eigenvalue weighted by Crippen LogP contribution is -2.27. The van der Waals surface area contributed by atoms with Crippen molar-refractivity contribution < 1.29 is 33.3 Å². The van der Waals surface area contributed by atoms with Crippen molar-refractivity contribution in [2.45, 2.75) is 13.0 Å². The quantitative estimate of drug-likeness (QED) is 0.710. The molecule has 0 amide bonds. The number of hydrogen-bond donors (Lipinski definition) is 0. The number of hydrogen-bond acceptors (Lipinski definition) is 8. The molecule has 2 heterocycles. The van der Waals surface area contributed by atoms with Crippen molar-refractivity contribution in [2.75, 3.05) is 41.7 Å². The van der Waals surface area contributed by atoms with E-state index in [0.717, 1.165) is 0 Å². The van der Waals surface area contributed by atoms with Crippen LogP contribution >= 0.6 is 0 Å². The summed E-state index contributed by atoms with van der Waals surface area (Å²) in [4.78, 5) is 28.8. The molecule has 0 radical (unpaired) electrons. The van der Waals surface area contributed by atoms with Gasteiger partial charge in [0.05, 0.1) is 26.9 Å². The van der Waals surface area contributed by atoms with Crippen LogP contribution < -0.4 is 23.7 Å². The number of nitrogens with zero attached hydrogens (tertiary/aromatic N) is 1. The zero-order valence-corrected chi connectivity index (χ0v) is 17.4. The highest BCUT2D eigenvalue weighted by atomic mass is 16.7. The summed E-state index contributed by atoms with van der Waals surface area (Å²) < 4.78 is 27.4. The van der Waals surface area contributed by atoms with Crippen LogP contribution in [0.5, 0.6) is 28.7 Å². The van der Waals surface area contributed by atoms with Gasteiger partial charge in [0.15, 0.2) is 23.0 Å². The van der Waals surface area contributed by atoms with E-state index in [1.165, 1.54) is 21.3 Å². The van der Waals surface area contributed by atoms with E-state index in [1.54, 1.807) is 18.2 Å². The lowest BCUT2D eigenvalue weighted by Gasteiger charge is -2.24. The Morgan fingerprint density at radius 3 is 2.43 bits per heavy atom. The maximum absolute atomic E-state index is 13.4. The number of Topliss-reactive ketones (excluding diaryl/α,β-unsaturated/α-hetero) is 2. The summed E-state index contributed by atoms with van der Waals surface area (Å²) >= 11 is 0. The zero-order valence-electron chi connectivity index (χ0n) is 17.4. The van der Waals surface area contributed by atoms with Gasteiger partial charge in [-0.15, -0.1) is 0 Å². The van der Waals surface area contributed by atoms with Crippen molar-refractivity contribution in [2.24, 2.45) is 0 Å². The Balaban J connectivity index is 1.93. The third-order valence-corrected chi connectivity index (χ3v) is 5.42. The van der Waals surface area contributed by atoms with Gasteiger partial charge in [-0.25, -0.2) is 0 Å². The fraction of sp³-hybridized carbons (Fsp3) is 0.364. The van der Waals surface area contributed by atoms with Crippen LogP contribution in [0.3, 0.4) is 0 Å². The second-order valence-corrected chi connectivity index (χ2v) is 7.15. The van der Waals surface area contributed by atoms with E-state index in [1.807, 2.05) is 7.05 Å². The van der Waals surface area contributed by atoms with Crippen LogP contribution in [0.25, 0.3) is 0 Å². The molecule has 158 valence electrons. The highest BCUT2D eigenvalue weighted by molar-refractivity contribution is 6.50. The van der Waals surface area contributed by atoms with Crippen molar-refractivity contribution in [3.05, 3.63) is 40.5 Å². The van der Waals surface area contributed by atoms with Gasteiger partial charge >= 0.3 is 0 Å². The lowest BCUT2D eigenvalue weighted by atomic mass is 9.90. The average Bonchev–Trinajstić information content (AvgIpc) is 3.22. The molecule has 0 saturated heterocycles. The number of methoxy groups -OCH3 is 3. The van der Waals surface area contributed by atoms with Gasteiger partial charge in [-0.3, -0.25) is 9.59 Å². The average molecular weight is 413 g/mol. The van der Waals surface area contributed by atoms with Crippen LogP contribution in [0.2, 0.25) is 0 Å². The van der Waals surface area contributed by atoms with Crippen LogP contribution in [0.15, 0.2) is 18.2 Å². The largest absolute Gasteiger partial charge is 0.493 e. The third kappa shape index (κ3) is 3.13. The molecule has 30 heavy (non-hydrogen) atoms. The Labute approximate surface area is 174 Å². The molecule has 0 unspecified atom stereocenters. The molecule has 0 saturated carbocycles. The van der Waals surface area contributed by atoms with E-state index in [9.17, 15) is 9.59 Å². The van der Waals surface area contributed by atoms with Crippen LogP contribution in [-0.4, -0.2) is 58.2 Å². The summed E-state index contributed by atoms with van der Waals surface area (Å²) in [5, 5.41) is 0. The molecule has 0 N–H and O–H groups in total. The molecular weight excluding hydrogens is 390 g/mol. The fourth-order valence-electron chi connectivity index (χ4n) is 3.96. The van der Waals surface area contributed by atoms with E-state index in [4.69, 9.17) is 23.7 Å². The summed E-state index contributed by atoms with van der Waals surface area (Å²) in [6.45, 7) is 1.10. The van der Waals surface area contributed by atoms with E-state index >= 15 is 0 Å². The molecular formula is C22H23NO7. The molecule has 0 spiro atoms. The highest BCUT2D eigenvalue weighted by Crippen LogP contribution is 2.46. The molecule has 8 nitrogen and oxygen atoms in total. The Bertz CT molecular complexity index is 1030. The van der Waals surface area contributed by atoms with Gasteiger partial charge in [0.2, 0.25) is 24.1 Å². The topological polar surface area (TPSA) is 83.5 Å². The smallest absolute Gasteiger partial charge is 0.237 e. The lowest BCUT2D eigenvalue weighted by molar-refractivity contribution is 0.0812. The predicted octanol–water partition coefficient (Wildman–Crippen LogP) is 2.49. The summed E-state index contributed by atoms with van der Waals surface area (Å²) in [7, 11) is 6.44. The van der Waals surface area contributed by atoms with Gasteiger partial charge in [0.25, 0.3) is 0 Å². The summed E-state index contributed by atoms with van der Waals surface area (Å²) in [5.41, 5.74) is 1.78. The van der Waals surface area contributed by atoms with Gasteiger partial charge < -0.3 is 28.6 Å². The SMILES string of the molecule is COc1ccc2c(c1OC)CN(C)CCc1cc3c(c(OC)c1C(=O)C2=O)OCO3. The molecule has 0 aliphatic carbocycles. The molecule has 2 aliphatic heterocycles. The maximum atomic E-state index is 13.4. The first-order chi connectivity index (χ1) is 14.5. The minimum Gasteiger partial charge on any atom is -0.493 e. The number of carbonyl (C=O) groups excluding carboxylic acids is 2. The molecule has 0 atom stereocenters. The molecule has 2 aliphatic rings. The Hall–Kier alpha value is -3.26. The maximum Gasteiger partial charge on any atom is 0.237 e.